The number of nitrogens with zero attached hydrogens (tertiary/aromatic N) is 2. The Bertz CT molecular complexity index is 1060. The maximum Gasteiger partial charge on any atom is 0.313 e. The minimum Gasteiger partial charge on any atom is -0.334 e. The second kappa shape index (κ2) is 8.39. The monoisotopic (exact) mass is 427 g/mol. The lowest BCUT2D eigenvalue weighted by molar-refractivity contribution is -0.143. The molecule has 4 rings (SSSR count). The Balaban J connectivity index is 1.41. The zero-order valence-corrected chi connectivity index (χ0v) is 17.1. The Kier molecular flexibility index (Phi) is 5.69. The number of halogens is 2. The largest absolute Gasteiger partial charge is 0.334 e. The molecular weight excluding hydrogens is 409 g/mol. The van der Waals surface area contributed by atoms with E-state index in [-0.39, 0.29) is 0 Å². The summed E-state index contributed by atoms with van der Waals surface area (Å²) in [5, 5.41) is 4.92. The van der Waals surface area contributed by atoms with Crippen LogP contribution in [0.5, 0.6) is 0 Å². The van der Waals surface area contributed by atoms with Crippen LogP contribution in [-0.4, -0.2) is 34.8 Å². The number of hydrogen-bond acceptors (Lipinski definition) is 3. The van der Waals surface area contributed by atoms with Gasteiger partial charge in [0.25, 0.3) is 0 Å². The van der Waals surface area contributed by atoms with Gasteiger partial charge in [-0.15, -0.1) is 0 Å². The highest BCUT2D eigenvalue weighted by Gasteiger charge is 2.28. The fraction of sp³-hybridized carbons (Fsp3) is 0.227. The first-order valence-corrected chi connectivity index (χ1v) is 10.2. The van der Waals surface area contributed by atoms with E-state index < -0.39 is 11.8 Å². The molecule has 1 fully saturated rings. The number of amides is 2. The number of carbonyl (C=O) groups is 2. The van der Waals surface area contributed by atoms with Crippen molar-refractivity contribution in [2.45, 2.75) is 18.8 Å². The van der Waals surface area contributed by atoms with Crippen molar-refractivity contribution in [3.63, 3.8) is 0 Å². The number of piperidine rings is 1. The molecule has 29 heavy (non-hydrogen) atoms. The molecule has 1 aromatic heterocycles. The van der Waals surface area contributed by atoms with E-state index >= 15 is 0 Å². The zero-order chi connectivity index (χ0) is 20.4. The molecule has 0 spiro atoms. The Labute approximate surface area is 178 Å². The number of carbonyl (C=O) groups excluding carboxylic acids is 2. The molecule has 0 radical (unpaired) electrons. The predicted molar refractivity (Wildman–Crippen MR) is 115 cm³/mol. The van der Waals surface area contributed by atoms with Crippen molar-refractivity contribution in [2.75, 3.05) is 18.4 Å². The van der Waals surface area contributed by atoms with E-state index in [0.717, 1.165) is 23.7 Å². The molecule has 3 aromatic rings. The average molecular weight is 428 g/mol. The van der Waals surface area contributed by atoms with Crippen LogP contribution in [0.2, 0.25) is 10.0 Å². The maximum atomic E-state index is 12.5. The summed E-state index contributed by atoms with van der Waals surface area (Å²) in [5.41, 5.74) is 2.64. The molecule has 2 amide bonds. The van der Waals surface area contributed by atoms with Gasteiger partial charge in [0.1, 0.15) is 0 Å². The lowest BCUT2D eigenvalue weighted by Crippen LogP contribution is -2.43. The van der Waals surface area contributed by atoms with E-state index in [1.54, 1.807) is 29.2 Å². The van der Waals surface area contributed by atoms with Crippen LogP contribution in [-0.2, 0) is 9.59 Å². The van der Waals surface area contributed by atoms with Gasteiger partial charge in [-0.3, -0.25) is 14.6 Å². The van der Waals surface area contributed by atoms with Gasteiger partial charge in [0, 0.05) is 40.4 Å². The smallest absolute Gasteiger partial charge is 0.313 e. The van der Waals surface area contributed by atoms with Crippen LogP contribution in [0.1, 0.15) is 24.3 Å². The van der Waals surface area contributed by atoms with E-state index in [4.69, 9.17) is 23.2 Å². The molecule has 0 unspecified atom stereocenters. The molecule has 2 heterocycles. The molecule has 0 aliphatic carbocycles. The number of anilines is 1. The first kappa shape index (κ1) is 19.7. The van der Waals surface area contributed by atoms with Crippen LogP contribution in [0.3, 0.4) is 0 Å². The minimum atomic E-state index is -0.632. The third-order valence-corrected chi connectivity index (χ3v) is 5.74. The van der Waals surface area contributed by atoms with E-state index in [1.807, 2.05) is 30.5 Å². The fourth-order valence-electron chi connectivity index (χ4n) is 3.75. The topological polar surface area (TPSA) is 62.3 Å². The minimum absolute atomic E-state index is 0.294. The van der Waals surface area contributed by atoms with Crippen LogP contribution < -0.4 is 5.32 Å². The lowest BCUT2D eigenvalue weighted by Gasteiger charge is -2.32. The van der Waals surface area contributed by atoms with Gasteiger partial charge < -0.3 is 10.2 Å². The van der Waals surface area contributed by atoms with Crippen LogP contribution in [0.15, 0.2) is 54.7 Å². The summed E-state index contributed by atoms with van der Waals surface area (Å²) >= 11 is 12.0. The van der Waals surface area contributed by atoms with Gasteiger partial charge in [0.05, 0.1) is 5.52 Å². The number of benzene rings is 2. The van der Waals surface area contributed by atoms with Crippen molar-refractivity contribution in [1.29, 1.82) is 0 Å². The van der Waals surface area contributed by atoms with Crippen LogP contribution in [0.4, 0.5) is 5.69 Å². The van der Waals surface area contributed by atoms with Gasteiger partial charge >= 0.3 is 11.8 Å². The molecular formula is C22H19Cl2N3O2. The van der Waals surface area contributed by atoms with Crippen molar-refractivity contribution in [1.82, 2.24) is 9.88 Å². The lowest BCUT2D eigenvalue weighted by atomic mass is 9.87. The molecule has 0 atom stereocenters. The van der Waals surface area contributed by atoms with Gasteiger partial charge in [-0.25, -0.2) is 0 Å². The molecule has 1 N–H and O–H groups in total. The molecule has 1 saturated heterocycles. The van der Waals surface area contributed by atoms with E-state index in [0.29, 0.717) is 34.7 Å². The molecule has 5 nitrogen and oxygen atoms in total. The van der Waals surface area contributed by atoms with Crippen LogP contribution >= 0.6 is 23.2 Å². The molecule has 148 valence electrons. The number of hydrogen-bond donors (Lipinski definition) is 1. The molecule has 1 aliphatic heterocycles. The summed E-state index contributed by atoms with van der Waals surface area (Å²) in [7, 11) is 0. The van der Waals surface area contributed by atoms with E-state index in [9.17, 15) is 9.59 Å². The summed E-state index contributed by atoms with van der Waals surface area (Å²) in [4.78, 5) is 30.8. The zero-order valence-electron chi connectivity index (χ0n) is 15.6. The predicted octanol–water partition coefficient (Wildman–Crippen LogP) is 4.89. The highest BCUT2D eigenvalue weighted by molar-refractivity contribution is 6.39. The number of aromatic nitrogens is 1. The summed E-state index contributed by atoms with van der Waals surface area (Å²) < 4.78 is 0. The number of likely N-dealkylation sites (tertiary alicyclic amines) is 1. The van der Waals surface area contributed by atoms with Gasteiger partial charge in [-0.1, -0.05) is 23.2 Å². The van der Waals surface area contributed by atoms with Gasteiger partial charge in [0.2, 0.25) is 0 Å². The molecule has 0 bridgehead atoms. The molecule has 7 heteroatoms. The molecule has 1 aliphatic rings. The quantitative estimate of drug-likeness (QED) is 0.592. The standard InChI is InChI=1S/C22H19Cl2N3O2/c23-15-1-4-17(5-2-15)26-21(28)22(29)27-11-8-14(9-12-27)18-7-10-25-20-6-3-16(24)13-19(18)20/h1-7,10,13-14H,8-9,11-12H2,(H,26,28). The number of fused-ring (bicyclic) bond motifs is 1. The fourth-order valence-corrected chi connectivity index (χ4v) is 4.05. The van der Waals surface area contributed by atoms with Crippen molar-refractivity contribution in [2.24, 2.45) is 0 Å². The Hall–Kier alpha value is -2.63. The molecule has 2 aromatic carbocycles. The Morgan fingerprint density at radius 2 is 1.66 bits per heavy atom. The summed E-state index contributed by atoms with van der Waals surface area (Å²) in [6, 6.07) is 14.4. The van der Waals surface area contributed by atoms with Crippen molar-refractivity contribution in [3.8, 4) is 0 Å². The second-order valence-electron chi connectivity index (χ2n) is 7.09. The van der Waals surface area contributed by atoms with E-state index in [2.05, 4.69) is 10.3 Å². The number of rotatable bonds is 2. The first-order chi connectivity index (χ1) is 14.0. The number of nitrogens with one attached hydrogen (secondary N) is 1. The average Bonchev–Trinajstić information content (AvgIpc) is 2.74. The summed E-state index contributed by atoms with van der Waals surface area (Å²) in [5.74, 6) is -0.852. The second-order valence-corrected chi connectivity index (χ2v) is 7.96. The van der Waals surface area contributed by atoms with Crippen molar-refractivity contribution in [3.05, 3.63) is 70.3 Å². The Morgan fingerprint density at radius 3 is 2.38 bits per heavy atom. The maximum absolute atomic E-state index is 12.5. The van der Waals surface area contributed by atoms with Crippen LogP contribution in [0, 0.1) is 0 Å². The van der Waals surface area contributed by atoms with E-state index in [1.165, 1.54) is 5.56 Å². The van der Waals surface area contributed by atoms with Gasteiger partial charge in [-0.05, 0) is 72.9 Å². The van der Waals surface area contributed by atoms with Crippen molar-refractivity contribution >= 4 is 51.6 Å². The van der Waals surface area contributed by atoms with Gasteiger partial charge in [-0.2, -0.15) is 0 Å². The summed E-state index contributed by atoms with van der Waals surface area (Å²) in [6.07, 6.45) is 3.37. The Morgan fingerprint density at radius 1 is 0.966 bits per heavy atom. The van der Waals surface area contributed by atoms with Crippen molar-refractivity contribution < 1.29 is 9.59 Å². The highest BCUT2D eigenvalue weighted by atomic mass is 35.5. The molecule has 0 saturated carbocycles. The van der Waals surface area contributed by atoms with Crippen LogP contribution in [0.25, 0.3) is 10.9 Å². The third-order valence-electron chi connectivity index (χ3n) is 5.26. The number of pyridine rings is 1. The highest BCUT2D eigenvalue weighted by Crippen LogP contribution is 2.33. The normalized spacial score (nSPS) is 14.8. The SMILES string of the molecule is O=C(Nc1ccc(Cl)cc1)C(=O)N1CCC(c2ccnc3ccc(Cl)cc23)CC1. The van der Waals surface area contributed by atoms with Gasteiger partial charge in [0.15, 0.2) is 0 Å². The third kappa shape index (κ3) is 4.36. The summed E-state index contributed by atoms with van der Waals surface area (Å²) in [6.45, 7) is 1.06. The first-order valence-electron chi connectivity index (χ1n) is 9.41.